The molecule has 1 nitrogen and oxygen atoms in total. The highest BCUT2D eigenvalue weighted by molar-refractivity contribution is 9.10. The van der Waals surface area contributed by atoms with Crippen LogP contribution in [0.25, 0.3) is 0 Å². The summed E-state index contributed by atoms with van der Waals surface area (Å²) in [4.78, 5) is 0. The van der Waals surface area contributed by atoms with Gasteiger partial charge in [0, 0.05) is 20.7 Å². The molecule has 0 saturated carbocycles. The van der Waals surface area contributed by atoms with E-state index in [9.17, 15) is 5.11 Å². The first kappa shape index (κ1) is 11.0. The summed E-state index contributed by atoms with van der Waals surface area (Å²) >= 11 is 7.03. The lowest BCUT2D eigenvalue weighted by Gasteiger charge is -2.25. The molecule has 0 spiro atoms. The maximum Gasteiger partial charge on any atom is 0.0927 e. The molecule has 1 saturated heterocycles. The summed E-state index contributed by atoms with van der Waals surface area (Å²) in [5.74, 6) is 1.20. The fraction of sp³-hybridized carbons (Fsp3) is 0.600. The predicted octanol–water partition coefficient (Wildman–Crippen LogP) is 3.83. The lowest BCUT2D eigenvalue weighted by Crippen LogP contribution is -2.18. The second kappa shape index (κ2) is 5.01. The summed E-state index contributed by atoms with van der Waals surface area (Å²) in [5, 5.41) is 14.6. The second-order valence-corrected chi connectivity index (χ2v) is 6.47. The van der Waals surface area contributed by atoms with Crippen LogP contribution in [0.1, 0.15) is 30.9 Å². The predicted molar refractivity (Wildman–Crippen MR) is 67.1 cm³/mol. The summed E-state index contributed by atoms with van der Waals surface area (Å²) in [6.45, 7) is 0. The lowest BCUT2D eigenvalue weighted by atomic mass is 10.1. The average Bonchev–Trinajstić information content (AvgIpc) is 2.65. The molecule has 1 aliphatic rings. The van der Waals surface area contributed by atoms with Crippen LogP contribution in [0.4, 0.5) is 0 Å². The Hall–Kier alpha value is 0.490. The van der Waals surface area contributed by atoms with Crippen molar-refractivity contribution in [2.75, 3.05) is 5.75 Å². The average molecular weight is 293 g/mol. The van der Waals surface area contributed by atoms with Gasteiger partial charge in [0.05, 0.1) is 6.10 Å². The number of thiophene rings is 1. The molecule has 14 heavy (non-hydrogen) atoms. The zero-order valence-electron chi connectivity index (χ0n) is 7.78. The van der Waals surface area contributed by atoms with E-state index in [1.165, 1.54) is 18.6 Å². The van der Waals surface area contributed by atoms with Crippen molar-refractivity contribution in [3.63, 3.8) is 0 Å². The molecule has 1 fully saturated rings. The van der Waals surface area contributed by atoms with Crippen molar-refractivity contribution in [2.45, 2.75) is 30.6 Å². The molecule has 0 aromatic carbocycles. The lowest BCUT2D eigenvalue weighted by molar-refractivity contribution is 0.168. The molecule has 1 aromatic heterocycles. The maximum atomic E-state index is 10.2. The Kier molecular flexibility index (Phi) is 3.93. The molecule has 0 aliphatic carbocycles. The molecule has 2 atom stereocenters. The van der Waals surface area contributed by atoms with E-state index in [0.717, 1.165) is 16.5 Å². The monoisotopic (exact) mass is 292 g/mol. The highest BCUT2D eigenvalue weighted by Gasteiger charge is 2.25. The van der Waals surface area contributed by atoms with Gasteiger partial charge in [-0.05, 0) is 39.9 Å². The van der Waals surface area contributed by atoms with Gasteiger partial charge in [-0.1, -0.05) is 6.42 Å². The number of hydrogen-bond donors (Lipinski definition) is 1. The molecule has 78 valence electrons. The number of rotatable bonds is 2. The zero-order chi connectivity index (χ0) is 9.97. The Balaban J connectivity index is 2.07. The van der Waals surface area contributed by atoms with Gasteiger partial charge in [-0.25, -0.2) is 0 Å². The number of aliphatic hydroxyl groups is 1. The highest BCUT2D eigenvalue weighted by Crippen LogP contribution is 2.38. The molecular weight excluding hydrogens is 280 g/mol. The fourth-order valence-corrected chi connectivity index (χ4v) is 4.61. The van der Waals surface area contributed by atoms with Crippen LogP contribution in [0.5, 0.6) is 0 Å². The van der Waals surface area contributed by atoms with E-state index < -0.39 is 0 Å². The van der Waals surface area contributed by atoms with E-state index in [0.29, 0.717) is 5.25 Å². The Morgan fingerprint density at radius 3 is 2.86 bits per heavy atom. The van der Waals surface area contributed by atoms with E-state index in [1.54, 1.807) is 11.3 Å². The number of thioether (sulfide) groups is 1. The van der Waals surface area contributed by atoms with Crippen molar-refractivity contribution in [1.82, 2.24) is 0 Å². The van der Waals surface area contributed by atoms with Crippen LogP contribution in [0.15, 0.2) is 15.2 Å². The number of hydrogen-bond acceptors (Lipinski definition) is 3. The standard InChI is InChI=1S/C10H13BrOS2/c11-8-6-13-5-7(8)10(12)9-3-1-2-4-14-9/h5-6,9-10,12H,1-4H2. The van der Waals surface area contributed by atoms with Gasteiger partial charge in [-0.15, -0.1) is 0 Å². The van der Waals surface area contributed by atoms with Crippen LogP contribution in [0.3, 0.4) is 0 Å². The minimum absolute atomic E-state index is 0.291. The zero-order valence-corrected chi connectivity index (χ0v) is 11.0. The minimum Gasteiger partial charge on any atom is -0.387 e. The van der Waals surface area contributed by atoms with Crippen LogP contribution in [0, 0.1) is 0 Å². The van der Waals surface area contributed by atoms with E-state index in [1.807, 2.05) is 22.5 Å². The molecule has 0 bridgehead atoms. The summed E-state index contributed by atoms with van der Waals surface area (Å²) in [5.41, 5.74) is 1.06. The van der Waals surface area contributed by atoms with E-state index in [-0.39, 0.29) is 6.10 Å². The number of aliphatic hydroxyl groups excluding tert-OH is 1. The summed E-state index contributed by atoms with van der Waals surface area (Å²) in [6, 6.07) is 0. The Labute approximate surface area is 101 Å². The quantitative estimate of drug-likeness (QED) is 0.894. The molecule has 0 radical (unpaired) electrons. The molecule has 1 N–H and O–H groups in total. The number of halogens is 1. The van der Waals surface area contributed by atoms with Crippen molar-refractivity contribution in [3.05, 3.63) is 20.8 Å². The summed E-state index contributed by atoms with van der Waals surface area (Å²) < 4.78 is 1.06. The molecule has 2 rings (SSSR count). The van der Waals surface area contributed by atoms with Crippen LogP contribution in [0.2, 0.25) is 0 Å². The highest BCUT2D eigenvalue weighted by atomic mass is 79.9. The molecule has 4 heteroatoms. The molecule has 1 aromatic rings. The van der Waals surface area contributed by atoms with E-state index >= 15 is 0 Å². The molecule has 2 heterocycles. The van der Waals surface area contributed by atoms with Gasteiger partial charge in [-0.3, -0.25) is 0 Å². The third kappa shape index (κ3) is 2.35. The van der Waals surface area contributed by atoms with Crippen LogP contribution in [-0.2, 0) is 0 Å². The van der Waals surface area contributed by atoms with Crippen molar-refractivity contribution >= 4 is 39.0 Å². The van der Waals surface area contributed by atoms with Gasteiger partial charge in [-0.2, -0.15) is 23.1 Å². The SMILES string of the molecule is OC(c1cscc1Br)C1CCCCS1. The minimum atomic E-state index is -0.291. The first-order chi connectivity index (χ1) is 6.79. The summed E-state index contributed by atoms with van der Waals surface area (Å²) in [7, 11) is 0. The Morgan fingerprint density at radius 2 is 2.29 bits per heavy atom. The fourth-order valence-electron chi connectivity index (χ4n) is 1.72. The van der Waals surface area contributed by atoms with Crippen LogP contribution in [-0.4, -0.2) is 16.1 Å². The van der Waals surface area contributed by atoms with E-state index in [4.69, 9.17) is 0 Å². The van der Waals surface area contributed by atoms with Gasteiger partial charge in [0.2, 0.25) is 0 Å². The van der Waals surface area contributed by atoms with Gasteiger partial charge in [0.15, 0.2) is 0 Å². The summed E-state index contributed by atoms with van der Waals surface area (Å²) in [6.07, 6.45) is 3.42. The van der Waals surface area contributed by atoms with Gasteiger partial charge >= 0.3 is 0 Å². The van der Waals surface area contributed by atoms with Crippen molar-refractivity contribution < 1.29 is 5.11 Å². The molecule has 0 amide bonds. The van der Waals surface area contributed by atoms with Crippen molar-refractivity contribution in [3.8, 4) is 0 Å². The second-order valence-electron chi connectivity index (χ2n) is 3.52. The third-order valence-corrected chi connectivity index (χ3v) is 5.73. The maximum absolute atomic E-state index is 10.2. The molecule has 2 unspecified atom stereocenters. The van der Waals surface area contributed by atoms with E-state index in [2.05, 4.69) is 15.9 Å². The Morgan fingerprint density at radius 1 is 1.43 bits per heavy atom. The van der Waals surface area contributed by atoms with Crippen molar-refractivity contribution in [2.24, 2.45) is 0 Å². The smallest absolute Gasteiger partial charge is 0.0927 e. The normalized spacial score (nSPS) is 24.9. The topological polar surface area (TPSA) is 20.2 Å². The van der Waals surface area contributed by atoms with Crippen LogP contribution >= 0.6 is 39.0 Å². The first-order valence-electron chi connectivity index (χ1n) is 4.80. The largest absolute Gasteiger partial charge is 0.387 e. The van der Waals surface area contributed by atoms with Gasteiger partial charge in [0.25, 0.3) is 0 Å². The molecule has 1 aliphatic heterocycles. The van der Waals surface area contributed by atoms with Crippen LogP contribution < -0.4 is 0 Å². The van der Waals surface area contributed by atoms with Crippen molar-refractivity contribution in [1.29, 1.82) is 0 Å². The first-order valence-corrected chi connectivity index (χ1v) is 7.59. The molecular formula is C10H13BrOS2. The third-order valence-electron chi connectivity index (χ3n) is 2.53. The van der Waals surface area contributed by atoms with Gasteiger partial charge < -0.3 is 5.11 Å². The Bertz CT molecular complexity index is 294. The van der Waals surface area contributed by atoms with Gasteiger partial charge in [0.1, 0.15) is 0 Å².